The van der Waals surface area contributed by atoms with E-state index in [4.69, 9.17) is 0 Å². The highest BCUT2D eigenvalue weighted by atomic mass is 19.2. The minimum atomic E-state index is -2.59. The van der Waals surface area contributed by atoms with Crippen molar-refractivity contribution in [2.75, 3.05) is 4.90 Å². The molecule has 2 saturated carbocycles. The van der Waals surface area contributed by atoms with Gasteiger partial charge in [-0.25, -0.2) is 39.5 Å². The lowest BCUT2D eigenvalue weighted by Gasteiger charge is -2.55. The largest absolute Gasteiger partial charge is 0.304 e. The summed E-state index contributed by atoms with van der Waals surface area (Å²) in [5, 5.41) is 0. The summed E-state index contributed by atoms with van der Waals surface area (Å²) >= 11 is 0. The number of hydrogen-bond acceptors (Lipinski definition) is 1. The third kappa shape index (κ3) is 4.90. The summed E-state index contributed by atoms with van der Waals surface area (Å²) in [5.74, 6) is -21.2. The van der Waals surface area contributed by atoms with Crippen molar-refractivity contribution in [3.63, 3.8) is 0 Å². The van der Waals surface area contributed by atoms with Gasteiger partial charge in [0.05, 0.1) is 22.5 Å². The van der Waals surface area contributed by atoms with Gasteiger partial charge < -0.3 is 4.90 Å². The van der Waals surface area contributed by atoms with Gasteiger partial charge in [-0.05, 0) is 85.8 Å². The summed E-state index contributed by atoms with van der Waals surface area (Å²) in [6.07, 6.45) is 9.98. The molecule has 0 spiro atoms. The van der Waals surface area contributed by atoms with E-state index in [0.717, 1.165) is 80.2 Å². The second-order valence-electron chi connectivity index (χ2n) is 13.8. The summed E-state index contributed by atoms with van der Waals surface area (Å²) in [5.41, 5.74) is -2.31. The molecule has 1 aliphatic heterocycles. The van der Waals surface area contributed by atoms with Crippen LogP contribution in [0.3, 0.4) is 0 Å². The van der Waals surface area contributed by atoms with E-state index >= 15 is 17.6 Å². The lowest BCUT2D eigenvalue weighted by atomic mass is 9.51. The topological polar surface area (TPSA) is 3.24 Å². The van der Waals surface area contributed by atoms with Crippen molar-refractivity contribution in [1.29, 1.82) is 0 Å². The number of aryl methyl sites for hydroxylation is 2. The molecule has 4 aromatic rings. The maximum atomic E-state index is 16.5. The van der Waals surface area contributed by atoms with Crippen LogP contribution >= 0.6 is 0 Å². The van der Waals surface area contributed by atoms with E-state index in [2.05, 4.69) is 0 Å². The van der Waals surface area contributed by atoms with Gasteiger partial charge in [-0.15, -0.1) is 0 Å². The van der Waals surface area contributed by atoms with Crippen LogP contribution in [0.25, 0.3) is 11.1 Å². The van der Waals surface area contributed by atoms with Crippen LogP contribution in [-0.2, 0) is 5.41 Å². The third-order valence-corrected chi connectivity index (χ3v) is 11.1. The summed E-state index contributed by atoms with van der Waals surface area (Å²) < 4.78 is 137. The summed E-state index contributed by atoms with van der Waals surface area (Å²) in [6, 6.07) is 11.1. The minimum Gasteiger partial charge on any atom is -0.304 e. The molecule has 0 unspecified atom stereocenters. The Bertz CT molecular complexity index is 1840. The van der Waals surface area contributed by atoms with Crippen LogP contribution in [0.4, 0.5) is 56.6 Å². The monoisotopic (exact) mass is 687 g/mol. The van der Waals surface area contributed by atoms with Gasteiger partial charge >= 0.3 is 0 Å². The van der Waals surface area contributed by atoms with Crippen LogP contribution in [-0.4, -0.2) is 0 Å². The van der Waals surface area contributed by atoms with Gasteiger partial charge in [0.2, 0.25) is 5.82 Å². The molecule has 258 valence electrons. The zero-order chi connectivity index (χ0) is 34.9. The highest BCUT2D eigenvalue weighted by Crippen LogP contribution is 2.63. The Morgan fingerprint density at radius 2 is 0.816 bits per heavy atom. The number of hydrogen-bond donors (Lipinski definition) is 0. The van der Waals surface area contributed by atoms with Crippen LogP contribution in [0.1, 0.15) is 86.5 Å². The fourth-order valence-corrected chi connectivity index (χ4v) is 9.06. The molecular weight excluding hydrogens is 653 g/mol. The predicted molar refractivity (Wildman–Crippen MR) is 170 cm³/mol. The molecule has 7 rings (SSSR count). The molecule has 0 amide bonds. The van der Waals surface area contributed by atoms with Gasteiger partial charge in [0.15, 0.2) is 46.5 Å². The van der Waals surface area contributed by atoms with Crippen molar-refractivity contribution < 1.29 is 39.5 Å². The first-order chi connectivity index (χ1) is 23.4. The zero-order valence-electron chi connectivity index (χ0n) is 27.0. The normalized spacial score (nSPS) is 18.1. The molecule has 0 atom stereocenters. The van der Waals surface area contributed by atoms with Crippen molar-refractivity contribution in [2.45, 2.75) is 83.5 Å². The SMILES string of the molecule is Cc1ccc2c(c1)N(c1c(F)c(F)c(-c3c(F)c(F)c(F)c(F)c3F)c(F)c1F)c1cc(C)ccc1C2(C1CCCCC1)C1CCCCC1. The van der Waals surface area contributed by atoms with E-state index < -0.39 is 74.6 Å². The molecule has 4 aromatic carbocycles. The summed E-state index contributed by atoms with van der Waals surface area (Å²) in [7, 11) is 0. The first-order valence-electron chi connectivity index (χ1n) is 16.8. The first kappa shape index (κ1) is 33.5. The molecule has 49 heavy (non-hydrogen) atoms. The van der Waals surface area contributed by atoms with Crippen LogP contribution < -0.4 is 4.90 Å². The molecule has 1 heterocycles. The van der Waals surface area contributed by atoms with Gasteiger partial charge in [-0.1, -0.05) is 62.8 Å². The highest BCUT2D eigenvalue weighted by molar-refractivity contribution is 5.88. The molecule has 2 fully saturated rings. The van der Waals surface area contributed by atoms with Crippen molar-refractivity contribution >= 4 is 17.1 Å². The number of anilines is 3. The smallest absolute Gasteiger partial charge is 0.200 e. The number of halogens is 9. The quantitative estimate of drug-likeness (QED) is 0.117. The number of nitrogens with zero attached hydrogens (tertiary/aromatic N) is 1. The molecule has 2 aliphatic carbocycles. The Balaban J connectivity index is 1.55. The molecule has 0 bridgehead atoms. The van der Waals surface area contributed by atoms with Crippen molar-refractivity contribution in [2.24, 2.45) is 11.8 Å². The summed E-state index contributed by atoms with van der Waals surface area (Å²) in [6.45, 7) is 3.57. The fourth-order valence-electron chi connectivity index (χ4n) is 9.06. The highest BCUT2D eigenvalue weighted by Gasteiger charge is 2.54. The lowest BCUT2D eigenvalue weighted by molar-refractivity contribution is 0.133. The maximum absolute atomic E-state index is 16.5. The number of rotatable bonds is 4. The van der Waals surface area contributed by atoms with Crippen molar-refractivity contribution in [3.05, 3.63) is 111 Å². The van der Waals surface area contributed by atoms with E-state index in [0.29, 0.717) is 22.5 Å². The van der Waals surface area contributed by atoms with E-state index in [-0.39, 0.29) is 11.8 Å². The van der Waals surface area contributed by atoms with Gasteiger partial charge in [0.1, 0.15) is 5.69 Å². The van der Waals surface area contributed by atoms with Crippen molar-refractivity contribution in [1.82, 2.24) is 0 Å². The van der Waals surface area contributed by atoms with E-state index in [1.165, 1.54) is 0 Å². The minimum absolute atomic E-state index is 0.175. The zero-order valence-corrected chi connectivity index (χ0v) is 27.0. The lowest BCUT2D eigenvalue weighted by Crippen LogP contribution is -2.48. The van der Waals surface area contributed by atoms with Gasteiger partial charge in [-0.3, -0.25) is 0 Å². The molecule has 0 aromatic heterocycles. The Morgan fingerprint density at radius 3 is 1.20 bits per heavy atom. The average molecular weight is 688 g/mol. The Labute approximate surface area is 278 Å². The van der Waals surface area contributed by atoms with Crippen molar-refractivity contribution in [3.8, 4) is 11.1 Å². The van der Waals surface area contributed by atoms with E-state index in [1.54, 1.807) is 26.0 Å². The van der Waals surface area contributed by atoms with Gasteiger partial charge in [0, 0.05) is 5.41 Å². The third-order valence-electron chi connectivity index (χ3n) is 11.1. The Morgan fingerprint density at radius 1 is 0.469 bits per heavy atom. The molecule has 0 N–H and O–H groups in total. The van der Waals surface area contributed by atoms with Gasteiger partial charge in [0.25, 0.3) is 0 Å². The Kier molecular flexibility index (Phi) is 8.51. The van der Waals surface area contributed by atoms with Crippen LogP contribution in [0.15, 0.2) is 36.4 Å². The van der Waals surface area contributed by atoms with Crippen LogP contribution in [0.2, 0.25) is 0 Å². The van der Waals surface area contributed by atoms with E-state index in [9.17, 15) is 22.0 Å². The fraction of sp³-hybridized carbons (Fsp3) is 0.385. The summed E-state index contributed by atoms with van der Waals surface area (Å²) in [4.78, 5) is 1.12. The standard InChI is InChI=1S/C39H34F9N/c1-19-13-15-23-25(17-19)49(38-36(47)31(42)28(32(43)37(38)48)27-29(40)33(44)35(46)34(45)30(27)41)26-18-20(2)14-16-24(26)39(23,21-9-5-3-6-10-21)22-11-7-4-8-12-22/h13-18,21-22H,3-12H2,1-2H3. The maximum Gasteiger partial charge on any atom is 0.200 e. The predicted octanol–water partition coefficient (Wildman–Crippen LogP) is 12.5. The number of fused-ring (bicyclic) bond motifs is 2. The first-order valence-corrected chi connectivity index (χ1v) is 16.8. The van der Waals surface area contributed by atoms with Crippen LogP contribution in [0, 0.1) is 78.0 Å². The second-order valence-corrected chi connectivity index (χ2v) is 13.8. The molecule has 1 nitrogen and oxygen atoms in total. The molecular formula is C39H34F9N. The molecule has 0 saturated heterocycles. The Hall–Kier alpha value is -3.95. The molecule has 10 heteroatoms. The molecule has 3 aliphatic rings. The van der Waals surface area contributed by atoms with E-state index in [1.807, 2.05) is 24.3 Å². The van der Waals surface area contributed by atoms with Crippen LogP contribution in [0.5, 0.6) is 0 Å². The second kappa shape index (κ2) is 12.4. The van der Waals surface area contributed by atoms with Gasteiger partial charge in [-0.2, -0.15) is 0 Å². The average Bonchev–Trinajstić information content (AvgIpc) is 3.11. The molecule has 0 radical (unpaired) electrons. The number of benzene rings is 4.